The van der Waals surface area contributed by atoms with Crippen molar-refractivity contribution in [3.8, 4) is 0 Å². The topological polar surface area (TPSA) is 49.3 Å². The van der Waals surface area contributed by atoms with Crippen molar-refractivity contribution in [3.05, 3.63) is 35.4 Å². The highest BCUT2D eigenvalue weighted by atomic mass is 16.4. The summed E-state index contributed by atoms with van der Waals surface area (Å²) in [5.74, 6) is -0.498. The normalized spacial score (nSPS) is 12.7. The summed E-state index contributed by atoms with van der Waals surface area (Å²) in [6, 6.07) is 7.80. The van der Waals surface area contributed by atoms with Gasteiger partial charge < -0.3 is 10.4 Å². The van der Waals surface area contributed by atoms with E-state index < -0.39 is 11.9 Å². The van der Waals surface area contributed by atoms with Crippen LogP contribution in [0, 0.1) is 5.92 Å². The molecule has 0 amide bonds. The molecular formula is C15H23NO2. The molecule has 2 N–H and O–H groups in total. The number of carbonyl (C=O) groups is 1. The molecule has 0 radical (unpaired) electrons. The Bertz CT molecular complexity index is 371. The second-order valence-corrected chi connectivity index (χ2v) is 5.16. The molecule has 100 valence electrons. The van der Waals surface area contributed by atoms with Gasteiger partial charge in [-0.3, -0.25) is 4.79 Å². The lowest BCUT2D eigenvalue weighted by molar-refractivity contribution is -0.138. The number of nitrogens with one attached hydrogen (secondary N) is 1. The van der Waals surface area contributed by atoms with Crippen molar-refractivity contribution in [1.82, 2.24) is 5.32 Å². The Balaban J connectivity index is 2.43. The number of hydrogen-bond donors (Lipinski definition) is 2. The maximum Gasteiger partial charge on any atom is 0.310 e. The van der Waals surface area contributed by atoms with Crippen LogP contribution in [0.15, 0.2) is 24.3 Å². The average molecular weight is 249 g/mol. The molecule has 0 aromatic heterocycles. The molecule has 0 heterocycles. The Morgan fingerprint density at radius 1 is 1.22 bits per heavy atom. The van der Waals surface area contributed by atoms with Gasteiger partial charge in [0.25, 0.3) is 0 Å². The summed E-state index contributed by atoms with van der Waals surface area (Å²) in [5.41, 5.74) is 2.05. The summed E-state index contributed by atoms with van der Waals surface area (Å²) >= 11 is 0. The van der Waals surface area contributed by atoms with Gasteiger partial charge in [0.1, 0.15) is 0 Å². The van der Waals surface area contributed by atoms with Crippen LogP contribution in [0.4, 0.5) is 0 Å². The van der Waals surface area contributed by atoms with Gasteiger partial charge in [0.15, 0.2) is 0 Å². The highest BCUT2D eigenvalue weighted by molar-refractivity contribution is 5.75. The van der Waals surface area contributed by atoms with Gasteiger partial charge in [-0.2, -0.15) is 0 Å². The summed E-state index contributed by atoms with van der Waals surface area (Å²) in [4.78, 5) is 10.8. The summed E-state index contributed by atoms with van der Waals surface area (Å²) in [5, 5.41) is 12.3. The lowest BCUT2D eigenvalue weighted by atomic mass is 10.00. The average Bonchev–Trinajstić information content (AvgIpc) is 2.34. The molecule has 0 aliphatic carbocycles. The van der Waals surface area contributed by atoms with E-state index in [9.17, 15) is 4.79 Å². The zero-order chi connectivity index (χ0) is 13.5. The first-order valence-corrected chi connectivity index (χ1v) is 6.53. The van der Waals surface area contributed by atoms with Crippen LogP contribution >= 0.6 is 0 Å². The zero-order valence-corrected chi connectivity index (χ0v) is 11.4. The van der Waals surface area contributed by atoms with E-state index >= 15 is 0 Å². The Hall–Kier alpha value is -1.35. The second kappa shape index (κ2) is 7.17. The number of benzene rings is 1. The molecule has 3 heteroatoms. The van der Waals surface area contributed by atoms with Crippen LogP contribution in [0.2, 0.25) is 0 Å². The summed E-state index contributed by atoms with van der Waals surface area (Å²) in [6.45, 7) is 7.99. The molecule has 1 aromatic carbocycles. The molecule has 0 saturated heterocycles. The molecule has 1 atom stereocenters. The van der Waals surface area contributed by atoms with E-state index in [2.05, 4.69) is 19.2 Å². The summed E-state index contributed by atoms with van der Waals surface area (Å²) in [6.07, 6.45) is 1.17. The predicted octanol–water partition coefficient (Wildman–Crippen LogP) is 3.01. The molecule has 0 aliphatic heterocycles. The fourth-order valence-electron chi connectivity index (χ4n) is 1.69. The fraction of sp³-hybridized carbons (Fsp3) is 0.533. The van der Waals surface area contributed by atoms with Gasteiger partial charge in [-0.15, -0.1) is 0 Å². The van der Waals surface area contributed by atoms with Crippen molar-refractivity contribution in [3.63, 3.8) is 0 Å². The molecule has 18 heavy (non-hydrogen) atoms. The van der Waals surface area contributed by atoms with Crippen molar-refractivity contribution in [2.24, 2.45) is 5.92 Å². The Morgan fingerprint density at radius 2 is 1.83 bits per heavy atom. The molecule has 0 fully saturated rings. The molecule has 0 spiro atoms. The van der Waals surface area contributed by atoms with Crippen molar-refractivity contribution in [2.75, 3.05) is 6.54 Å². The highest BCUT2D eigenvalue weighted by Gasteiger charge is 2.12. The molecule has 0 bridgehead atoms. The second-order valence-electron chi connectivity index (χ2n) is 5.16. The van der Waals surface area contributed by atoms with Gasteiger partial charge in [0, 0.05) is 6.54 Å². The number of carboxylic acids is 1. The Labute approximate surface area is 109 Å². The predicted molar refractivity (Wildman–Crippen MR) is 73.7 cm³/mol. The summed E-state index contributed by atoms with van der Waals surface area (Å²) < 4.78 is 0. The molecule has 0 aliphatic rings. The first kappa shape index (κ1) is 14.7. The van der Waals surface area contributed by atoms with Crippen LogP contribution in [0.25, 0.3) is 0 Å². The van der Waals surface area contributed by atoms with Crippen LogP contribution < -0.4 is 5.32 Å². The number of aliphatic carboxylic acids is 1. The first-order chi connectivity index (χ1) is 8.50. The lowest BCUT2D eigenvalue weighted by Gasteiger charge is -2.09. The van der Waals surface area contributed by atoms with Gasteiger partial charge in [-0.25, -0.2) is 0 Å². The monoisotopic (exact) mass is 249 g/mol. The van der Waals surface area contributed by atoms with Crippen LogP contribution in [0.3, 0.4) is 0 Å². The Kier molecular flexibility index (Phi) is 5.86. The SMILES string of the molecule is CC(C)CCNCc1ccc(C(C)C(=O)O)cc1. The summed E-state index contributed by atoms with van der Waals surface area (Å²) in [7, 11) is 0. The minimum absolute atomic E-state index is 0.437. The standard InChI is InChI=1S/C15H23NO2/c1-11(2)8-9-16-10-13-4-6-14(7-5-13)12(3)15(17)18/h4-7,11-12,16H,8-10H2,1-3H3,(H,17,18). The van der Waals surface area contributed by atoms with Gasteiger partial charge in [0.05, 0.1) is 5.92 Å². The van der Waals surface area contributed by atoms with E-state index in [4.69, 9.17) is 5.11 Å². The third kappa shape index (κ3) is 4.88. The lowest BCUT2D eigenvalue weighted by Crippen LogP contribution is -2.16. The highest BCUT2D eigenvalue weighted by Crippen LogP contribution is 2.15. The zero-order valence-electron chi connectivity index (χ0n) is 11.4. The van der Waals surface area contributed by atoms with E-state index in [-0.39, 0.29) is 0 Å². The van der Waals surface area contributed by atoms with Crippen molar-refractivity contribution in [2.45, 2.75) is 39.7 Å². The van der Waals surface area contributed by atoms with Crippen LogP contribution in [-0.4, -0.2) is 17.6 Å². The maximum absolute atomic E-state index is 10.8. The molecule has 3 nitrogen and oxygen atoms in total. The van der Waals surface area contributed by atoms with Crippen LogP contribution in [0.1, 0.15) is 44.2 Å². The van der Waals surface area contributed by atoms with Gasteiger partial charge in [0.2, 0.25) is 0 Å². The largest absolute Gasteiger partial charge is 0.481 e. The van der Waals surface area contributed by atoms with Crippen molar-refractivity contribution in [1.29, 1.82) is 0 Å². The molecule has 0 saturated carbocycles. The van der Waals surface area contributed by atoms with Gasteiger partial charge in [-0.05, 0) is 36.9 Å². The van der Waals surface area contributed by atoms with E-state index in [0.29, 0.717) is 0 Å². The van der Waals surface area contributed by atoms with Crippen LogP contribution in [-0.2, 0) is 11.3 Å². The minimum Gasteiger partial charge on any atom is -0.481 e. The quantitative estimate of drug-likeness (QED) is 0.730. The third-order valence-electron chi connectivity index (χ3n) is 3.08. The molecule has 1 aromatic rings. The third-order valence-corrected chi connectivity index (χ3v) is 3.08. The van der Waals surface area contributed by atoms with Crippen LogP contribution in [0.5, 0.6) is 0 Å². The number of hydrogen-bond acceptors (Lipinski definition) is 2. The first-order valence-electron chi connectivity index (χ1n) is 6.53. The minimum atomic E-state index is -0.780. The van der Waals surface area contributed by atoms with Crippen molar-refractivity contribution >= 4 is 5.97 Å². The fourth-order valence-corrected chi connectivity index (χ4v) is 1.69. The molecule has 1 rings (SSSR count). The smallest absolute Gasteiger partial charge is 0.310 e. The van der Waals surface area contributed by atoms with Crippen molar-refractivity contribution < 1.29 is 9.90 Å². The maximum atomic E-state index is 10.8. The van der Waals surface area contributed by atoms with E-state index in [1.165, 1.54) is 12.0 Å². The van der Waals surface area contributed by atoms with E-state index in [0.717, 1.165) is 24.6 Å². The molecular weight excluding hydrogens is 226 g/mol. The Morgan fingerprint density at radius 3 is 2.33 bits per heavy atom. The van der Waals surface area contributed by atoms with Gasteiger partial charge >= 0.3 is 5.97 Å². The van der Waals surface area contributed by atoms with Gasteiger partial charge in [-0.1, -0.05) is 38.1 Å². The molecule has 1 unspecified atom stereocenters. The number of carboxylic acid groups (broad SMARTS) is 1. The number of rotatable bonds is 7. The van der Waals surface area contributed by atoms with E-state index in [1.54, 1.807) is 6.92 Å². The van der Waals surface area contributed by atoms with E-state index in [1.807, 2.05) is 24.3 Å².